The second-order valence-electron chi connectivity index (χ2n) is 4.04. The number of ether oxygens (including phenoxy) is 1. The molecular formula is C12H25NO2. The van der Waals surface area contributed by atoms with Crippen LogP contribution < -0.4 is 5.73 Å². The molecule has 0 aromatic heterocycles. The van der Waals surface area contributed by atoms with Crippen LogP contribution in [0.2, 0.25) is 0 Å². The molecule has 0 saturated heterocycles. The van der Waals surface area contributed by atoms with Crippen LogP contribution in [0.15, 0.2) is 0 Å². The molecule has 0 amide bonds. The van der Waals surface area contributed by atoms with Gasteiger partial charge in [0.2, 0.25) is 0 Å². The summed E-state index contributed by atoms with van der Waals surface area (Å²) in [5.74, 6) is -0.246. The molecule has 0 aromatic carbocycles. The lowest BCUT2D eigenvalue weighted by Gasteiger charge is -2.25. The minimum absolute atomic E-state index is 0.246. The van der Waals surface area contributed by atoms with Gasteiger partial charge in [0.25, 0.3) is 0 Å². The number of rotatable bonds is 8. The Morgan fingerprint density at radius 2 is 1.87 bits per heavy atom. The van der Waals surface area contributed by atoms with Crippen LogP contribution in [-0.2, 0) is 9.53 Å². The molecule has 3 nitrogen and oxygen atoms in total. The Balaban J connectivity index is 4.00. The van der Waals surface area contributed by atoms with Gasteiger partial charge in [0.1, 0.15) is 5.54 Å². The molecular weight excluding hydrogens is 190 g/mol. The summed E-state index contributed by atoms with van der Waals surface area (Å²) in [7, 11) is 0. The number of nitrogens with two attached hydrogens (primary N) is 1. The molecule has 15 heavy (non-hydrogen) atoms. The zero-order valence-electron chi connectivity index (χ0n) is 10.3. The van der Waals surface area contributed by atoms with E-state index in [9.17, 15) is 4.79 Å². The normalized spacial score (nSPS) is 14.7. The number of hydrogen-bond acceptors (Lipinski definition) is 3. The van der Waals surface area contributed by atoms with Crippen molar-refractivity contribution in [3.63, 3.8) is 0 Å². The maximum Gasteiger partial charge on any atom is 0.326 e. The highest BCUT2D eigenvalue weighted by atomic mass is 16.5. The first kappa shape index (κ1) is 14.4. The van der Waals surface area contributed by atoms with Crippen LogP contribution in [0, 0.1) is 0 Å². The third-order valence-electron chi connectivity index (χ3n) is 2.79. The summed E-state index contributed by atoms with van der Waals surface area (Å²) in [6.07, 6.45) is 5.96. The van der Waals surface area contributed by atoms with Crippen molar-refractivity contribution >= 4 is 5.97 Å². The van der Waals surface area contributed by atoms with Gasteiger partial charge in [-0.3, -0.25) is 4.79 Å². The van der Waals surface area contributed by atoms with Crippen molar-refractivity contribution in [3.8, 4) is 0 Å². The molecule has 0 fully saturated rings. The molecule has 0 radical (unpaired) electrons. The van der Waals surface area contributed by atoms with Gasteiger partial charge in [0.05, 0.1) is 6.61 Å². The van der Waals surface area contributed by atoms with E-state index in [-0.39, 0.29) is 5.97 Å². The second kappa shape index (κ2) is 7.69. The highest BCUT2D eigenvalue weighted by Crippen LogP contribution is 2.18. The van der Waals surface area contributed by atoms with Crippen LogP contribution in [0.5, 0.6) is 0 Å². The first-order valence-corrected chi connectivity index (χ1v) is 6.06. The molecule has 0 aromatic rings. The Morgan fingerprint density at radius 3 is 2.33 bits per heavy atom. The summed E-state index contributed by atoms with van der Waals surface area (Å²) in [4.78, 5) is 11.6. The van der Waals surface area contributed by atoms with E-state index in [1.54, 1.807) is 0 Å². The van der Waals surface area contributed by atoms with Gasteiger partial charge in [-0.2, -0.15) is 0 Å². The second-order valence-corrected chi connectivity index (χ2v) is 4.04. The number of esters is 1. The quantitative estimate of drug-likeness (QED) is 0.500. The number of carbonyl (C=O) groups excluding carboxylic acids is 1. The van der Waals surface area contributed by atoms with Crippen molar-refractivity contribution in [1.29, 1.82) is 0 Å². The van der Waals surface area contributed by atoms with Crippen LogP contribution in [0.1, 0.15) is 59.3 Å². The summed E-state index contributed by atoms with van der Waals surface area (Å²) >= 11 is 0. The number of unbranched alkanes of at least 4 members (excludes halogenated alkanes) is 3. The summed E-state index contributed by atoms with van der Waals surface area (Å²) in [5, 5.41) is 0. The van der Waals surface area contributed by atoms with Crippen molar-refractivity contribution in [2.24, 2.45) is 5.73 Å². The molecule has 0 unspecified atom stereocenters. The van der Waals surface area contributed by atoms with Crippen molar-refractivity contribution < 1.29 is 9.53 Å². The van der Waals surface area contributed by atoms with Crippen molar-refractivity contribution in [3.05, 3.63) is 0 Å². The SMILES string of the molecule is CCCCCC[C@](N)(CC)C(=O)OCC. The molecule has 0 saturated carbocycles. The first-order chi connectivity index (χ1) is 7.10. The molecule has 0 heterocycles. The van der Waals surface area contributed by atoms with E-state index < -0.39 is 5.54 Å². The molecule has 1 atom stereocenters. The average molecular weight is 215 g/mol. The lowest BCUT2D eigenvalue weighted by atomic mass is 9.90. The van der Waals surface area contributed by atoms with Crippen LogP contribution in [0.4, 0.5) is 0 Å². The maximum atomic E-state index is 11.6. The lowest BCUT2D eigenvalue weighted by Crippen LogP contribution is -2.48. The van der Waals surface area contributed by atoms with Crippen LogP contribution in [0.3, 0.4) is 0 Å². The first-order valence-electron chi connectivity index (χ1n) is 6.06. The fourth-order valence-corrected chi connectivity index (χ4v) is 1.57. The fraction of sp³-hybridized carbons (Fsp3) is 0.917. The van der Waals surface area contributed by atoms with Gasteiger partial charge < -0.3 is 10.5 Å². The Labute approximate surface area is 93.4 Å². The molecule has 0 aliphatic carbocycles. The van der Waals surface area contributed by atoms with E-state index in [0.717, 1.165) is 19.3 Å². The van der Waals surface area contributed by atoms with Crippen LogP contribution >= 0.6 is 0 Å². The van der Waals surface area contributed by atoms with Crippen molar-refractivity contribution in [2.45, 2.75) is 64.8 Å². The molecule has 90 valence electrons. The molecule has 3 heteroatoms. The fourth-order valence-electron chi connectivity index (χ4n) is 1.57. The Hall–Kier alpha value is -0.570. The standard InChI is InChI=1S/C12H25NO2/c1-4-7-8-9-10-12(13,5-2)11(14)15-6-3/h4-10,13H2,1-3H3/t12-/m1/s1. The largest absolute Gasteiger partial charge is 0.465 e. The van der Waals surface area contributed by atoms with E-state index >= 15 is 0 Å². The zero-order valence-corrected chi connectivity index (χ0v) is 10.3. The van der Waals surface area contributed by atoms with Gasteiger partial charge in [0.15, 0.2) is 0 Å². The van der Waals surface area contributed by atoms with E-state index in [0.29, 0.717) is 13.0 Å². The monoisotopic (exact) mass is 215 g/mol. The van der Waals surface area contributed by atoms with Crippen LogP contribution in [-0.4, -0.2) is 18.1 Å². The number of hydrogen-bond donors (Lipinski definition) is 1. The maximum absolute atomic E-state index is 11.6. The Morgan fingerprint density at radius 1 is 1.20 bits per heavy atom. The third kappa shape index (κ3) is 5.17. The molecule has 0 spiro atoms. The molecule has 0 aliphatic heterocycles. The minimum Gasteiger partial charge on any atom is -0.465 e. The molecule has 0 rings (SSSR count). The average Bonchev–Trinajstić information content (AvgIpc) is 2.24. The Bertz CT molecular complexity index is 182. The summed E-state index contributed by atoms with van der Waals surface area (Å²) in [6.45, 7) is 6.33. The van der Waals surface area contributed by atoms with Gasteiger partial charge in [-0.25, -0.2) is 0 Å². The minimum atomic E-state index is -0.760. The van der Waals surface area contributed by atoms with Crippen molar-refractivity contribution in [1.82, 2.24) is 0 Å². The zero-order chi connectivity index (χ0) is 11.7. The summed E-state index contributed by atoms with van der Waals surface area (Å²) < 4.78 is 4.99. The van der Waals surface area contributed by atoms with Gasteiger partial charge in [-0.05, 0) is 19.8 Å². The van der Waals surface area contributed by atoms with E-state index in [1.165, 1.54) is 12.8 Å². The predicted octanol–water partition coefficient (Wildman–Crippen LogP) is 2.63. The van der Waals surface area contributed by atoms with Crippen LogP contribution in [0.25, 0.3) is 0 Å². The molecule has 2 N–H and O–H groups in total. The van der Waals surface area contributed by atoms with Gasteiger partial charge >= 0.3 is 5.97 Å². The lowest BCUT2D eigenvalue weighted by molar-refractivity contribution is -0.150. The van der Waals surface area contributed by atoms with Gasteiger partial charge in [-0.15, -0.1) is 0 Å². The highest BCUT2D eigenvalue weighted by Gasteiger charge is 2.32. The van der Waals surface area contributed by atoms with E-state index in [4.69, 9.17) is 10.5 Å². The molecule has 0 bridgehead atoms. The Kier molecular flexibility index (Phi) is 7.39. The summed E-state index contributed by atoms with van der Waals surface area (Å²) in [6, 6.07) is 0. The van der Waals surface area contributed by atoms with E-state index in [1.807, 2.05) is 13.8 Å². The third-order valence-corrected chi connectivity index (χ3v) is 2.79. The summed E-state index contributed by atoms with van der Waals surface area (Å²) in [5.41, 5.74) is 5.27. The van der Waals surface area contributed by atoms with Gasteiger partial charge in [-0.1, -0.05) is 39.5 Å². The smallest absolute Gasteiger partial charge is 0.326 e. The predicted molar refractivity (Wildman–Crippen MR) is 62.6 cm³/mol. The molecule has 0 aliphatic rings. The highest BCUT2D eigenvalue weighted by molar-refractivity contribution is 5.80. The number of carbonyl (C=O) groups is 1. The van der Waals surface area contributed by atoms with Crippen molar-refractivity contribution in [2.75, 3.05) is 6.61 Å². The topological polar surface area (TPSA) is 52.3 Å². The van der Waals surface area contributed by atoms with E-state index in [2.05, 4.69) is 6.92 Å². The van der Waals surface area contributed by atoms with Gasteiger partial charge in [0, 0.05) is 0 Å².